The van der Waals surface area contributed by atoms with Crippen molar-refractivity contribution < 1.29 is 9.90 Å². The SMILES string of the molecule is O=C(O)C1=C(c2ccc(Cl)cc2)c2ccc(Cl)cc2C1. The third-order valence-corrected chi connectivity index (χ3v) is 3.88. The van der Waals surface area contributed by atoms with E-state index in [-0.39, 0.29) is 0 Å². The molecule has 2 aromatic rings. The Bertz CT molecular complexity index is 731. The fourth-order valence-corrected chi connectivity index (χ4v) is 2.84. The highest BCUT2D eigenvalue weighted by atomic mass is 35.5. The van der Waals surface area contributed by atoms with Crippen molar-refractivity contribution in [1.29, 1.82) is 0 Å². The number of benzene rings is 2. The molecular formula is C16H10Cl2O2. The van der Waals surface area contributed by atoms with Gasteiger partial charge in [-0.15, -0.1) is 0 Å². The molecule has 4 heteroatoms. The van der Waals surface area contributed by atoms with Crippen LogP contribution in [0.5, 0.6) is 0 Å². The molecule has 3 rings (SSSR count). The lowest BCUT2D eigenvalue weighted by atomic mass is 9.97. The summed E-state index contributed by atoms with van der Waals surface area (Å²) < 4.78 is 0. The molecule has 1 N–H and O–H groups in total. The van der Waals surface area contributed by atoms with Gasteiger partial charge in [-0.25, -0.2) is 4.79 Å². The molecule has 0 unspecified atom stereocenters. The Hall–Kier alpha value is -1.77. The molecule has 0 fully saturated rings. The van der Waals surface area contributed by atoms with Crippen molar-refractivity contribution in [3.8, 4) is 0 Å². The van der Waals surface area contributed by atoms with Gasteiger partial charge < -0.3 is 5.11 Å². The van der Waals surface area contributed by atoms with Gasteiger partial charge >= 0.3 is 5.97 Å². The predicted octanol–water partition coefficient (Wildman–Crippen LogP) is 4.44. The standard InChI is InChI=1S/C16H10Cl2O2/c17-11-3-1-9(2-4-11)15-13-6-5-12(18)7-10(13)8-14(15)16(19)20/h1-7H,8H2,(H,19,20). The van der Waals surface area contributed by atoms with E-state index in [1.807, 2.05) is 24.3 Å². The first-order chi connectivity index (χ1) is 9.56. The first kappa shape index (κ1) is 13.2. The number of halogens is 2. The van der Waals surface area contributed by atoms with Crippen LogP contribution in [-0.2, 0) is 11.2 Å². The van der Waals surface area contributed by atoms with Gasteiger partial charge in [0.25, 0.3) is 0 Å². The number of carboxylic acids is 1. The molecule has 0 bridgehead atoms. The zero-order valence-electron chi connectivity index (χ0n) is 10.4. The maximum absolute atomic E-state index is 11.5. The molecule has 0 spiro atoms. The quantitative estimate of drug-likeness (QED) is 0.891. The van der Waals surface area contributed by atoms with E-state index in [0.29, 0.717) is 22.0 Å². The number of carbonyl (C=O) groups is 1. The second-order valence-electron chi connectivity index (χ2n) is 4.64. The van der Waals surface area contributed by atoms with Crippen LogP contribution in [0.3, 0.4) is 0 Å². The molecule has 0 heterocycles. The fourth-order valence-electron chi connectivity index (χ4n) is 2.52. The Balaban J connectivity index is 2.20. The van der Waals surface area contributed by atoms with Crippen molar-refractivity contribution in [1.82, 2.24) is 0 Å². The van der Waals surface area contributed by atoms with Crippen LogP contribution in [0, 0.1) is 0 Å². The van der Waals surface area contributed by atoms with E-state index in [2.05, 4.69) is 0 Å². The lowest BCUT2D eigenvalue weighted by Gasteiger charge is -2.07. The van der Waals surface area contributed by atoms with E-state index in [9.17, 15) is 9.90 Å². The minimum atomic E-state index is -0.901. The van der Waals surface area contributed by atoms with Crippen LogP contribution in [0.1, 0.15) is 16.7 Å². The molecule has 1 aliphatic rings. The molecule has 2 nitrogen and oxygen atoms in total. The summed E-state index contributed by atoms with van der Waals surface area (Å²) in [5.74, 6) is -0.901. The van der Waals surface area contributed by atoms with Crippen molar-refractivity contribution in [3.05, 3.63) is 74.8 Å². The summed E-state index contributed by atoms with van der Waals surface area (Å²) in [6, 6.07) is 12.7. The van der Waals surface area contributed by atoms with E-state index < -0.39 is 5.97 Å². The molecular weight excluding hydrogens is 295 g/mol. The average molecular weight is 305 g/mol. The molecule has 0 radical (unpaired) electrons. The van der Waals surface area contributed by atoms with Crippen LogP contribution < -0.4 is 0 Å². The maximum Gasteiger partial charge on any atom is 0.332 e. The van der Waals surface area contributed by atoms with Gasteiger partial charge in [0.2, 0.25) is 0 Å². The van der Waals surface area contributed by atoms with Gasteiger partial charge in [0.15, 0.2) is 0 Å². The van der Waals surface area contributed by atoms with Crippen LogP contribution >= 0.6 is 23.2 Å². The Morgan fingerprint density at radius 1 is 1.00 bits per heavy atom. The maximum atomic E-state index is 11.5. The molecule has 0 amide bonds. The van der Waals surface area contributed by atoms with Crippen LogP contribution in [0.25, 0.3) is 5.57 Å². The van der Waals surface area contributed by atoms with Crippen molar-refractivity contribution in [2.45, 2.75) is 6.42 Å². The number of carboxylic acid groups (broad SMARTS) is 1. The van der Waals surface area contributed by atoms with Crippen LogP contribution in [-0.4, -0.2) is 11.1 Å². The second-order valence-corrected chi connectivity index (χ2v) is 5.52. The molecule has 0 saturated heterocycles. The highest BCUT2D eigenvalue weighted by molar-refractivity contribution is 6.31. The lowest BCUT2D eigenvalue weighted by Crippen LogP contribution is -2.02. The normalized spacial score (nSPS) is 13.5. The Morgan fingerprint density at radius 3 is 2.30 bits per heavy atom. The van der Waals surface area contributed by atoms with Crippen molar-refractivity contribution in [2.24, 2.45) is 0 Å². The third-order valence-electron chi connectivity index (χ3n) is 3.40. The van der Waals surface area contributed by atoms with Crippen molar-refractivity contribution in [2.75, 3.05) is 0 Å². The number of hydrogen-bond donors (Lipinski definition) is 1. The van der Waals surface area contributed by atoms with E-state index in [1.165, 1.54) is 0 Å². The van der Waals surface area contributed by atoms with Gasteiger partial charge in [0.1, 0.15) is 0 Å². The molecule has 2 aromatic carbocycles. The minimum absolute atomic E-state index is 0.392. The van der Waals surface area contributed by atoms with E-state index in [4.69, 9.17) is 23.2 Å². The number of aliphatic carboxylic acids is 1. The number of rotatable bonds is 2. The van der Waals surface area contributed by atoms with E-state index in [0.717, 1.165) is 22.3 Å². The van der Waals surface area contributed by atoms with Gasteiger partial charge in [0.05, 0.1) is 0 Å². The highest BCUT2D eigenvalue weighted by Crippen LogP contribution is 2.38. The summed E-state index contributed by atoms with van der Waals surface area (Å²) in [6.07, 6.45) is 0.392. The summed E-state index contributed by atoms with van der Waals surface area (Å²) in [5.41, 5.74) is 3.87. The molecule has 100 valence electrons. The minimum Gasteiger partial charge on any atom is -0.478 e. The molecule has 0 atom stereocenters. The average Bonchev–Trinajstić information content (AvgIpc) is 2.78. The largest absolute Gasteiger partial charge is 0.478 e. The molecule has 0 saturated carbocycles. The Kier molecular flexibility index (Phi) is 3.28. The van der Waals surface area contributed by atoms with Gasteiger partial charge in [-0.05, 0) is 46.5 Å². The van der Waals surface area contributed by atoms with Gasteiger partial charge in [0, 0.05) is 22.0 Å². The zero-order chi connectivity index (χ0) is 14.3. The lowest BCUT2D eigenvalue weighted by molar-refractivity contribution is -0.132. The molecule has 0 aromatic heterocycles. The number of fused-ring (bicyclic) bond motifs is 1. The summed E-state index contributed by atoms with van der Waals surface area (Å²) >= 11 is 11.9. The summed E-state index contributed by atoms with van der Waals surface area (Å²) in [5, 5.41) is 10.7. The summed E-state index contributed by atoms with van der Waals surface area (Å²) in [4.78, 5) is 11.5. The fraction of sp³-hybridized carbons (Fsp3) is 0.0625. The van der Waals surface area contributed by atoms with Crippen molar-refractivity contribution in [3.63, 3.8) is 0 Å². The molecule has 1 aliphatic carbocycles. The Morgan fingerprint density at radius 2 is 1.65 bits per heavy atom. The molecule has 20 heavy (non-hydrogen) atoms. The highest BCUT2D eigenvalue weighted by Gasteiger charge is 2.26. The summed E-state index contributed by atoms with van der Waals surface area (Å²) in [6.45, 7) is 0. The van der Waals surface area contributed by atoms with Gasteiger partial charge in [-0.3, -0.25) is 0 Å². The van der Waals surface area contributed by atoms with Gasteiger partial charge in [-0.2, -0.15) is 0 Å². The van der Waals surface area contributed by atoms with Crippen LogP contribution in [0.2, 0.25) is 10.0 Å². The van der Waals surface area contributed by atoms with Crippen LogP contribution in [0.15, 0.2) is 48.0 Å². The smallest absolute Gasteiger partial charge is 0.332 e. The topological polar surface area (TPSA) is 37.3 Å². The number of hydrogen-bond acceptors (Lipinski definition) is 1. The Labute approximate surface area is 126 Å². The van der Waals surface area contributed by atoms with E-state index in [1.54, 1.807) is 18.2 Å². The summed E-state index contributed by atoms with van der Waals surface area (Å²) in [7, 11) is 0. The zero-order valence-corrected chi connectivity index (χ0v) is 11.9. The second kappa shape index (κ2) is 4.97. The van der Waals surface area contributed by atoms with Gasteiger partial charge in [-0.1, -0.05) is 41.4 Å². The monoisotopic (exact) mass is 304 g/mol. The third kappa shape index (κ3) is 2.21. The predicted molar refractivity (Wildman–Crippen MR) is 80.3 cm³/mol. The van der Waals surface area contributed by atoms with Crippen molar-refractivity contribution >= 4 is 34.7 Å². The van der Waals surface area contributed by atoms with Crippen LogP contribution in [0.4, 0.5) is 0 Å². The first-order valence-electron chi connectivity index (χ1n) is 6.07. The molecule has 0 aliphatic heterocycles. The van der Waals surface area contributed by atoms with E-state index >= 15 is 0 Å². The first-order valence-corrected chi connectivity index (χ1v) is 6.83.